The molecule has 1 aliphatic heterocycles. The largest absolute Gasteiger partial charge is 0.383 e. The van der Waals surface area contributed by atoms with E-state index in [1.54, 1.807) is 0 Å². The standard InChI is InChI=1S/C15H25N3/c1-11(2)10-18-7-5-4-6-14(18)13-8-12(3)15(16)17-9-13/h8-9,11,14H,4-7,10H2,1-3H3,(H2,16,17)/t14-/m0/s1. The van der Waals surface area contributed by atoms with E-state index in [0.717, 1.165) is 5.56 Å². The molecule has 0 radical (unpaired) electrons. The molecule has 2 rings (SSSR count). The first kappa shape index (κ1) is 13.3. The quantitative estimate of drug-likeness (QED) is 0.892. The second-order valence-corrected chi connectivity index (χ2v) is 5.87. The van der Waals surface area contributed by atoms with Crippen molar-refractivity contribution >= 4 is 5.82 Å². The monoisotopic (exact) mass is 247 g/mol. The number of aryl methyl sites for hydroxylation is 1. The molecule has 2 N–H and O–H groups in total. The Morgan fingerprint density at radius 3 is 2.89 bits per heavy atom. The fraction of sp³-hybridized carbons (Fsp3) is 0.667. The molecule has 1 fully saturated rings. The molecule has 1 atom stereocenters. The average Bonchev–Trinajstić information content (AvgIpc) is 2.33. The van der Waals surface area contributed by atoms with Crippen molar-refractivity contribution in [3.63, 3.8) is 0 Å². The maximum atomic E-state index is 5.81. The summed E-state index contributed by atoms with van der Waals surface area (Å²) in [5, 5.41) is 0. The zero-order valence-corrected chi connectivity index (χ0v) is 11.8. The highest BCUT2D eigenvalue weighted by Crippen LogP contribution is 2.31. The summed E-state index contributed by atoms with van der Waals surface area (Å²) in [6, 6.07) is 2.75. The van der Waals surface area contributed by atoms with E-state index in [1.165, 1.54) is 37.9 Å². The van der Waals surface area contributed by atoms with Gasteiger partial charge in [0.2, 0.25) is 0 Å². The number of nitrogen functional groups attached to an aromatic ring is 1. The van der Waals surface area contributed by atoms with E-state index in [2.05, 4.69) is 29.8 Å². The molecular formula is C15H25N3. The van der Waals surface area contributed by atoms with Gasteiger partial charge in [0.25, 0.3) is 0 Å². The SMILES string of the molecule is Cc1cc([C@@H]2CCCCN2CC(C)C)cnc1N. The van der Waals surface area contributed by atoms with Crippen LogP contribution in [0.4, 0.5) is 5.82 Å². The van der Waals surface area contributed by atoms with Gasteiger partial charge in [0.15, 0.2) is 0 Å². The number of nitrogens with zero attached hydrogens (tertiary/aromatic N) is 2. The number of piperidine rings is 1. The highest BCUT2D eigenvalue weighted by atomic mass is 15.2. The number of aromatic nitrogens is 1. The van der Waals surface area contributed by atoms with Gasteiger partial charge in [-0.25, -0.2) is 4.98 Å². The van der Waals surface area contributed by atoms with Crippen molar-refractivity contribution in [3.05, 3.63) is 23.4 Å². The van der Waals surface area contributed by atoms with Gasteiger partial charge in [0.05, 0.1) is 0 Å². The molecule has 100 valence electrons. The number of nitrogens with two attached hydrogens (primary N) is 1. The third-order valence-corrected chi connectivity index (χ3v) is 3.74. The van der Waals surface area contributed by atoms with Crippen LogP contribution in [0.25, 0.3) is 0 Å². The highest BCUT2D eigenvalue weighted by Gasteiger charge is 2.24. The molecule has 18 heavy (non-hydrogen) atoms. The average molecular weight is 247 g/mol. The topological polar surface area (TPSA) is 42.2 Å². The van der Waals surface area contributed by atoms with Gasteiger partial charge in [0, 0.05) is 18.8 Å². The molecule has 0 saturated carbocycles. The second kappa shape index (κ2) is 5.70. The molecule has 0 spiro atoms. The number of likely N-dealkylation sites (tertiary alicyclic amines) is 1. The lowest BCUT2D eigenvalue weighted by atomic mass is 9.94. The predicted octanol–water partition coefficient (Wildman–Crippen LogP) is 3.16. The lowest BCUT2D eigenvalue weighted by molar-refractivity contribution is 0.132. The number of rotatable bonds is 3. The van der Waals surface area contributed by atoms with E-state index in [1.807, 2.05) is 13.1 Å². The summed E-state index contributed by atoms with van der Waals surface area (Å²) >= 11 is 0. The van der Waals surface area contributed by atoms with Gasteiger partial charge in [-0.15, -0.1) is 0 Å². The fourth-order valence-electron chi connectivity index (χ4n) is 2.85. The summed E-state index contributed by atoms with van der Waals surface area (Å²) < 4.78 is 0. The Morgan fingerprint density at radius 2 is 2.22 bits per heavy atom. The molecule has 1 aromatic heterocycles. The van der Waals surface area contributed by atoms with E-state index in [9.17, 15) is 0 Å². The van der Waals surface area contributed by atoms with Crippen LogP contribution in [0.1, 0.15) is 50.3 Å². The van der Waals surface area contributed by atoms with E-state index in [0.29, 0.717) is 17.8 Å². The van der Waals surface area contributed by atoms with Gasteiger partial charge in [-0.1, -0.05) is 20.3 Å². The van der Waals surface area contributed by atoms with Gasteiger partial charge in [-0.05, 0) is 49.4 Å². The minimum Gasteiger partial charge on any atom is -0.383 e. The van der Waals surface area contributed by atoms with E-state index < -0.39 is 0 Å². The maximum absolute atomic E-state index is 5.81. The lowest BCUT2D eigenvalue weighted by Gasteiger charge is -2.37. The van der Waals surface area contributed by atoms with Crippen molar-refractivity contribution in [1.82, 2.24) is 9.88 Å². The number of pyridine rings is 1. The van der Waals surface area contributed by atoms with Crippen LogP contribution in [-0.2, 0) is 0 Å². The number of hydrogen-bond acceptors (Lipinski definition) is 3. The van der Waals surface area contributed by atoms with Gasteiger partial charge < -0.3 is 5.73 Å². The maximum Gasteiger partial charge on any atom is 0.126 e. The Balaban J connectivity index is 2.19. The third kappa shape index (κ3) is 3.02. The Bertz CT molecular complexity index is 401. The summed E-state index contributed by atoms with van der Waals surface area (Å²) in [6.07, 6.45) is 5.86. The lowest BCUT2D eigenvalue weighted by Crippen LogP contribution is -2.36. The molecule has 2 heterocycles. The van der Waals surface area contributed by atoms with Gasteiger partial charge >= 0.3 is 0 Å². The van der Waals surface area contributed by atoms with Crippen LogP contribution < -0.4 is 5.73 Å². The van der Waals surface area contributed by atoms with Crippen LogP contribution in [0.5, 0.6) is 0 Å². The Hall–Kier alpha value is -1.09. The molecule has 0 unspecified atom stereocenters. The number of anilines is 1. The van der Waals surface area contributed by atoms with Crippen molar-refractivity contribution in [2.24, 2.45) is 5.92 Å². The zero-order valence-electron chi connectivity index (χ0n) is 11.8. The minimum atomic E-state index is 0.535. The summed E-state index contributed by atoms with van der Waals surface area (Å²) in [5.74, 6) is 1.37. The smallest absolute Gasteiger partial charge is 0.126 e. The Kier molecular flexibility index (Phi) is 4.23. The molecule has 0 bridgehead atoms. The van der Waals surface area contributed by atoms with Crippen LogP contribution in [0.3, 0.4) is 0 Å². The normalized spacial score (nSPS) is 21.4. The summed E-state index contributed by atoms with van der Waals surface area (Å²) in [6.45, 7) is 9.01. The van der Waals surface area contributed by atoms with Crippen molar-refractivity contribution in [2.45, 2.75) is 46.1 Å². The third-order valence-electron chi connectivity index (χ3n) is 3.74. The van der Waals surface area contributed by atoms with Crippen molar-refractivity contribution in [1.29, 1.82) is 0 Å². The Morgan fingerprint density at radius 1 is 1.44 bits per heavy atom. The van der Waals surface area contributed by atoms with Gasteiger partial charge in [-0.2, -0.15) is 0 Å². The van der Waals surface area contributed by atoms with Gasteiger partial charge in [-0.3, -0.25) is 4.90 Å². The first-order chi connectivity index (χ1) is 8.58. The first-order valence-corrected chi connectivity index (χ1v) is 7.04. The van der Waals surface area contributed by atoms with Gasteiger partial charge in [0.1, 0.15) is 5.82 Å². The van der Waals surface area contributed by atoms with E-state index in [-0.39, 0.29) is 0 Å². The van der Waals surface area contributed by atoms with Crippen LogP contribution in [0, 0.1) is 12.8 Å². The molecule has 1 aromatic rings. The molecule has 3 heteroatoms. The highest BCUT2D eigenvalue weighted by molar-refractivity contribution is 5.40. The molecule has 0 amide bonds. The number of hydrogen-bond donors (Lipinski definition) is 1. The summed E-state index contributed by atoms with van der Waals surface area (Å²) in [7, 11) is 0. The van der Waals surface area contributed by atoms with Crippen molar-refractivity contribution in [3.8, 4) is 0 Å². The van der Waals surface area contributed by atoms with Crippen LogP contribution in [-0.4, -0.2) is 23.0 Å². The Labute approximate surface area is 110 Å². The minimum absolute atomic E-state index is 0.535. The summed E-state index contributed by atoms with van der Waals surface area (Å²) in [5.41, 5.74) is 8.24. The molecule has 3 nitrogen and oxygen atoms in total. The zero-order chi connectivity index (χ0) is 13.1. The first-order valence-electron chi connectivity index (χ1n) is 7.04. The van der Waals surface area contributed by atoms with Crippen molar-refractivity contribution in [2.75, 3.05) is 18.8 Å². The van der Waals surface area contributed by atoms with Crippen LogP contribution in [0.2, 0.25) is 0 Å². The van der Waals surface area contributed by atoms with Crippen LogP contribution in [0.15, 0.2) is 12.3 Å². The molecular weight excluding hydrogens is 222 g/mol. The fourth-order valence-corrected chi connectivity index (χ4v) is 2.85. The predicted molar refractivity (Wildman–Crippen MR) is 76.4 cm³/mol. The van der Waals surface area contributed by atoms with Crippen molar-refractivity contribution < 1.29 is 0 Å². The van der Waals surface area contributed by atoms with E-state index >= 15 is 0 Å². The van der Waals surface area contributed by atoms with Crippen LogP contribution >= 0.6 is 0 Å². The second-order valence-electron chi connectivity index (χ2n) is 5.87. The molecule has 1 aliphatic rings. The molecule has 0 aromatic carbocycles. The summed E-state index contributed by atoms with van der Waals surface area (Å²) in [4.78, 5) is 6.93. The molecule has 0 aliphatic carbocycles. The molecule has 1 saturated heterocycles. The van der Waals surface area contributed by atoms with E-state index in [4.69, 9.17) is 5.73 Å².